The van der Waals surface area contributed by atoms with Crippen molar-refractivity contribution >= 4 is 58.6 Å². The van der Waals surface area contributed by atoms with Crippen LogP contribution in [-0.4, -0.2) is 83.3 Å². The zero-order valence-corrected chi connectivity index (χ0v) is 20.0. The molecule has 0 aliphatic carbocycles. The summed E-state index contributed by atoms with van der Waals surface area (Å²) in [7, 11) is 0. The lowest BCUT2D eigenvalue weighted by Crippen LogP contribution is -2.43. The summed E-state index contributed by atoms with van der Waals surface area (Å²) in [5, 5.41) is 25.2. The van der Waals surface area contributed by atoms with E-state index < -0.39 is 47.3 Å². The van der Waals surface area contributed by atoms with Crippen LogP contribution < -0.4 is 10.6 Å². The molecule has 1 heterocycles. The van der Waals surface area contributed by atoms with Gasteiger partial charge in [-0.1, -0.05) is 0 Å². The van der Waals surface area contributed by atoms with Gasteiger partial charge in [0.2, 0.25) is 0 Å². The summed E-state index contributed by atoms with van der Waals surface area (Å²) >= 11 is 3.14. The van der Waals surface area contributed by atoms with Gasteiger partial charge in [0.25, 0.3) is 11.8 Å². The van der Waals surface area contributed by atoms with Gasteiger partial charge in [-0.05, 0) is 26.4 Å². The number of carbonyl (C=O) groups excluding carboxylic acids is 4. The number of carbonyl (C=O) groups is 4. The van der Waals surface area contributed by atoms with E-state index in [0.29, 0.717) is 11.3 Å². The monoisotopic (exact) mass is 494 g/mol. The summed E-state index contributed by atoms with van der Waals surface area (Å²) in [5.74, 6) is -4.12. The molecule has 2 atom stereocenters. The van der Waals surface area contributed by atoms with E-state index in [0.717, 1.165) is 0 Å². The lowest BCUT2D eigenvalue weighted by atomic mass is 10.2. The first-order valence-corrected chi connectivity index (χ1v) is 12.8. The van der Waals surface area contributed by atoms with Crippen LogP contribution in [0.5, 0.6) is 11.5 Å². The quantitative estimate of drug-likeness (QED) is 0.312. The number of thiophene rings is 1. The fraction of sp³-hybridized carbons (Fsp3) is 0.556. The molecule has 174 valence electrons. The van der Waals surface area contributed by atoms with Crippen molar-refractivity contribution in [2.24, 2.45) is 0 Å². The Morgan fingerprint density at radius 2 is 1.19 bits per heavy atom. The molecule has 31 heavy (non-hydrogen) atoms. The number of hydrogen-bond donors (Lipinski definition) is 4. The molecule has 1 aromatic heterocycles. The van der Waals surface area contributed by atoms with Crippen molar-refractivity contribution in [3.63, 3.8) is 0 Å². The van der Waals surface area contributed by atoms with E-state index in [2.05, 4.69) is 10.6 Å². The molecule has 0 saturated heterocycles. The zero-order valence-electron chi connectivity index (χ0n) is 17.6. The molecule has 4 N–H and O–H groups in total. The molecule has 0 radical (unpaired) electrons. The van der Waals surface area contributed by atoms with Gasteiger partial charge in [0.1, 0.15) is 21.8 Å². The van der Waals surface area contributed by atoms with Gasteiger partial charge in [0.15, 0.2) is 11.5 Å². The van der Waals surface area contributed by atoms with Gasteiger partial charge >= 0.3 is 11.9 Å². The Hall–Kier alpha value is -2.12. The van der Waals surface area contributed by atoms with E-state index in [1.807, 2.05) is 0 Å². The number of aromatic hydroxyl groups is 2. The van der Waals surface area contributed by atoms with E-state index in [-0.39, 0.29) is 34.5 Å². The Kier molecular flexibility index (Phi) is 11.6. The lowest BCUT2D eigenvalue weighted by Gasteiger charge is -2.16. The highest BCUT2D eigenvalue weighted by Crippen LogP contribution is 2.40. The molecule has 0 spiro atoms. The van der Waals surface area contributed by atoms with Crippen LogP contribution in [0.1, 0.15) is 33.2 Å². The number of rotatable bonds is 12. The molecule has 13 heteroatoms. The molecule has 1 rings (SSSR count). The molecule has 0 saturated carbocycles. The van der Waals surface area contributed by atoms with Crippen molar-refractivity contribution in [2.75, 3.05) is 37.2 Å². The van der Waals surface area contributed by atoms with Gasteiger partial charge < -0.3 is 30.3 Å². The maximum Gasteiger partial charge on any atom is 0.329 e. The third-order valence-corrected chi connectivity index (χ3v) is 6.19. The van der Waals surface area contributed by atoms with Crippen LogP contribution in [0.3, 0.4) is 0 Å². The average molecular weight is 495 g/mol. The van der Waals surface area contributed by atoms with Crippen LogP contribution in [0.15, 0.2) is 0 Å². The smallest absolute Gasteiger partial charge is 0.329 e. The maximum atomic E-state index is 12.6. The fourth-order valence-electron chi connectivity index (χ4n) is 2.33. The zero-order chi connectivity index (χ0) is 23.6. The highest BCUT2D eigenvalue weighted by molar-refractivity contribution is 7.98. The molecule has 0 aromatic carbocycles. The van der Waals surface area contributed by atoms with Crippen molar-refractivity contribution < 1.29 is 38.9 Å². The third kappa shape index (κ3) is 7.51. The first-order chi connectivity index (χ1) is 14.7. The van der Waals surface area contributed by atoms with Crippen LogP contribution in [-0.2, 0) is 19.1 Å². The lowest BCUT2D eigenvalue weighted by molar-refractivity contribution is -0.145. The molecule has 0 fully saturated rings. The predicted molar refractivity (Wildman–Crippen MR) is 120 cm³/mol. The van der Waals surface area contributed by atoms with Gasteiger partial charge in [0.05, 0.1) is 13.2 Å². The Balaban J connectivity index is 3.05. The fourth-order valence-corrected chi connectivity index (χ4v) is 4.33. The topological polar surface area (TPSA) is 151 Å². The number of amides is 2. The Bertz CT molecular complexity index is 737. The summed E-state index contributed by atoms with van der Waals surface area (Å²) in [6.07, 6.45) is 3.48. The van der Waals surface area contributed by atoms with Crippen molar-refractivity contribution in [1.29, 1.82) is 0 Å². The minimum absolute atomic E-state index is 0.132. The molecule has 2 amide bonds. The number of hydrogen-bond acceptors (Lipinski definition) is 11. The van der Waals surface area contributed by atoms with Gasteiger partial charge in [-0.3, -0.25) is 9.59 Å². The summed E-state index contributed by atoms with van der Waals surface area (Å²) in [5.41, 5.74) is 0. The molecule has 2 unspecified atom stereocenters. The number of esters is 2. The second-order valence-corrected chi connectivity index (χ2v) is 8.77. The van der Waals surface area contributed by atoms with E-state index in [9.17, 15) is 29.4 Å². The normalized spacial score (nSPS) is 12.5. The standard InChI is InChI=1S/C18H26N2O8S3/c1-5-27-17(25)9(7-29-3)19-15(23)13-11(21)12(22)14(31-13)16(24)20-10(8-30-4)18(26)28-6-2/h9-10,21-22H,5-8H2,1-4H3,(H,19,23)(H,20,24). The summed E-state index contributed by atoms with van der Waals surface area (Å²) in [6, 6.07) is -1.95. The van der Waals surface area contributed by atoms with Gasteiger partial charge in [0, 0.05) is 11.5 Å². The van der Waals surface area contributed by atoms with E-state index in [4.69, 9.17) is 9.47 Å². The predicted octanol–water partition coefficient (Wildman–Crippen LogP) is 1.21. The van der Waals surface area contributed by atoms with Crippen molar-refractivity contribution in [3.05, 3.63) is 9.75 Å². The molecule has 0 aliphatic heterocycles. The van der Waals surface area contributed by atoms with E-state index in [1.54, 1.807) is 26.4 Å². The van der Waals surface area contributed by atoms with Crippen LogP contribution in [0.4, 0.5) is 0 Å². The maximum absolute atomic E-state index is 12.6. The van der Waals surface area contributed by atoms with E-state index in [1.165, 1.54) is 23.5 Å². The van der Waals surface area contributed by atoms with Gasteiger partial charge in [-0.2, -0.15) is 23.5 Å². The van der Waals surface area contributed by atoms with Crippen molar-refractivity contribution in [1.82, 2.24) is 10.6 Å². The molecule has 10 nitrogen and oxygen atoms in total. The Morgan fingerprint density at radius 3 is 1.48 bits per heavy atom. The summed E-state index contributed by atoms with van der Waals surface area (Å²) in [4.78, 5) is 48.4. The minimum atomic E-state index is -0.974. The third-order valence-electron chi connectivity index (χ3n) is 3.69. The second-order valence-electron chi connectivity index (χ2n) is 5.92. The molecular formula is C18H26N2O8S3. The number of thioether (sulfide) groups is 2. The second kappa shape index (κ2) is 13.3. The molecule has 1 aromatic rings. The molecule has 0 bridgehead atoms. The van der Waals surface area contributed by atoms with Gasteiger partial charge in [-0.25, -0.2) is 9.59 Å². The van der Waals surface area contributed by atoms with E-state index >= 15 is 0 Å². The Morgan fingerprint density at radius 1 is 0.839 bits per heavy atom. The van der Waals surface area contributed by atoms with Gasteiger partial charge in [-0.15, -0.1) is 11.3 Å². The average Bonchev–Trinajstić information content (AvgIpc) is 3.02. The molecule has 0 aliphatic rings. The number of nitrogens with one attached hydrogen (secondary N) is 2. The summed E-state index contributed by atoms with van der Waals surface area (Å²) in [6.45, 7) is 3.52. The highest BCUT2D eigenvalue weighted by atomic mass is 32.2. The number of ether oxygens (including phenoxy) is 2. The first-order valence-electron chi connectivity index (χ1n) is 9.19. The first kappa shape index (κ1) is 26.9. The SMILES string of the molecule is CCOC(=O)C(CSC)NC(=O)c1sc(C(=O)NC(CSC)C(=O)OCC)c(O)c1O. The highest BCUT2D eigenvalue weighted by Gasteiger charge is 2.31. The Labute approximate surface area is 192 Å². The van der Waals surface area contributed by atoms with Crippen LogP contribution in [0.25, 0.3) is 0 Å². The van der Waals surface area contributed by atoms with Crippen LogP contribution in [0, 0.1) is 0 Å². The van der Waals surface area contributed by atoms with Crippen molar-refractivity contribution in [3.8, 4) is 11.5 Å². The molecular weight excluding hydrogens is 468 g/mol. The largest absolute Gasteiger partial charge is 0.503 e. The van der Waals surface area contributed by atoms with Crippen molar-refractivity contribution in [2.45, 2.75) is 25.9 Å². The van der Waals surface area contributed by atoms with Crippen LogP contribution >= 0.6 is 34.9 Å². The minimum Gasteiger partial charge on any atom is -0.503 e. The van der Waals surface area contributed by atoms with Crippen LogP contribution in [0.2, 0.25) is 0 Å². The summed E-state index contributed by atoms with van der Waals surface area (Å²) < 4.78 is 9.83.